The third-order valence-corrected chi connectivity index (χ3v) is 4.66. The zero-order valence-electron chi connectivity index (χ0n) is 17.7. The molecule has 0 rings (SSSR count). The van der Waals surface area contributed by atoms with E-state index in [1.807, 2.05) is 0 Å². The van der Waals surface area contributed by atoms with Crippen molar-refractivity contribution in [1.29, 1.82) is 0 Å². The molecule has 0 amide bonds. The molecule has 0 aromatic heterocycles. The summed E-state index contributed by atoms with van der Waals surface area (Å²) >= 11 is 0. The lowest BCUT2D eigenvalue weighted by Crippen LogP contribution is -2.06. The first-order chi connectivity index (χ1) is 12.7. The van der Waals surface area contributed by atoms with Gasteiger partial charge in [-0.3, -0.25) is 0 Å². The van der Waals surface area contributed by atoms with E-state index in [1.165, 1.54) is 77.0 Å². The van der Waals surface area contributed by atoms with E-state index in [1.54, 1.807) is 6.92 Å². The number of hydrogen-bond acceptors (Lipinski definition) is 3. The highest BCUT2D eigenvalue weighted by Crippen LogP contribution is 2.10. The summed E-state index contributed by atoms with van der Waals surface area (Å²) in [5, 5.41) is 0. The summed E-state index contributed by atoms with van der Waals surface area (Å²) in [5.74, 6) is -0.273. The van der Waals surface area contributed by atoms with Crippen molar-refractivity contribution in [3.05, 3.63) is 12.2 Å². The molecule has 0 aliphatic carbocycles. The minimum atomic E-state index is -0.273. The molecule has 0 heterocycles. The molecule has 0 aliphatic heterocycles. The fourth-order valence-electron chi connectivity index (χ4n) is 2.92. The number of unbranched alkanes of at least 4 members (excludes halogenated alkanes) is 13. The van der Waals surface area contributed by atoms with Crippen LogP contribution in [0.25, 0.3) is 0 Å². The van der Waals surface area contributed by atoms with Gasteiger partial charge in [0, 0.05) is 18.8 Å². The third kappa shape index (κ3) is 19.5. The zero-order valence-corrected chi connectivity index (χ0v) is 17.7. The van der Waals surface area contributed by atoms with E-state index in [0.29, 0.717) is 12.2 Å². The molecule has 0 atom stereocenters. The van der Waals surface area contributed by atoms with Gasteiger partial charge in [-0.1, -0.05) is 90.6 Å². The quantitative estimate of drug-likeness (QED) is 0.132. The summed E-state index contributed by atoms with van der Waals surface area (Å²) in [6.45, 7) is 9.85. The maximum atomic E-state index is 11.2. The highest BCUT2D eigenvalue weighted by atomic mass is 16.5. The SMILES string of the molecule is C=C(C)C(=O)OCCCCCCCOCCCCCCCCCCCC. The van der Waals surface area contributed by atoms with Crippen molar-refractivity contribution in [1.82, 2.24) is 0 Å². The van der Waals surface area contributed by atoms with Crippen molar-refractivity contribution < 1.29 is 14.3 Å². The van der Waals surface area contributed by atoms with Crippen LogP contribution < -0.4 is 0 Å². The summed E-state index contributed by atoms with van der Waals surface area (Å²) in [6.07, 6.45) is 19.3. The van der Waals surface area contributed by atoms with Gasteiger partial charge < -0.3 is 9.47 Å². The predicted octanol–water partition coefficient (Wildman–Crippen LogP) is 6.99. The van der Waals surface area contributed by atoms with Gasteiger partial charge in [-0.25, -0.2) is 4.79 Å². The van der Waals surface area contributed by atoms with Gasteiger partial charge in [0.15, 0.2) is 0 Å². The molecule has 0 aromatic carbocycles. The molecule has 3 heteroatoms. The summed E-state index contributed by atoms with van der Waals surface area (Å²) in [7, 11) is 0. The first-order valence-electron chi connectivity index (χ1n) is 11.1. The first kappa shape index (κ1) is 25.2. The van der Waals surface area contributed by atoms with Crippen LogP contribution in [0.15, 0.2) is 12.2 Å². The zero-order chi connectivity index (χ0) is 19.3. The lowest BCUT2D eigenvalue weighted by molar-refractivity contribution is -0.139. The third-order valence-electron chi connectivity index (χ3n) is 4.66. The molecule has 0 aromatic rings. The second kappa shape index (κ2) is 20.5. The second-order valence-electron chi connectivity index (χ2n) is 7.48. The molecule has 0 saturated carbocycles. The van der Waals surface area contributed by atoms with Gasteiger partial charge in [-0.15, -0.1) is 0 Å². The lowest BCUT2D eigenvalue weighted by Gasteiger charge is -2.06. The first-order valence-corrected chi connectivity index (χ1v) is 11.1. The maximum absolute atomic E-state index is 11.2. The van der Waals surface area contributed by atoms with Crippen molar-refractivity contribution in [2.24, 2.45) is 0 Å². The molecular weight excluding hydrogens is 324 g/mol. The number of carbonyl (C=O) groups is 1. The largest absolute Gasteiger partial charge is 0.462 e. The average Bonchev–Trinajstić information content (AvgIpc) is 2.63. The minimum absolute atomic E-state index is 0.273. The van der Waals surface area contributed by atoms with Gasteiger partial charge >= 0.3 is 5.97 Å². The van der Waals surface area contributed by atoms with Gasteiger partial charge in [0.1, 0.15) is 0 Å². The number of rotatable bonds is 20. The van der Waals surface area contributed by atoms with Gasteiger partial charge in [-0.2, -0.15) is 0 Å². The molecule has 0 radical (unpaired) electrons. The van der Waals surface area contributed by atoms with Gasteiger partial charge in [-0.05, 0) is 26.2 Å². The Kier molecular flexibility index (Phi) is 19.8. The van der Waals surface area contributed by atoms with Crippen molar-refractivity contribution in [2.75, 3.05) is 19.8 Å². The van der Waals surface area contributed by atoms with Crippen LogP contribution in [-0.4, -0.2) is 25.8 Å². The van der Waals surface area contributed by atoms with Crippen molar-refractivity contribution in [3.8, 4) is 0 Å². The minimum Gasteiger partial charge on any atom is -0.462 e. The molecule has 0 spiro atoms. The van der Waals surface area contributed by atoms with Gasteiger partial charge in [0.05, 0.1) is 6.61 Å². The summed E-state index contributed by atoms with van der Waals surface area (Å²) in [6, 6.07) is 0. The van der Waals surface area contributed by atoms with Gasteiger partial charge in [0.2, 0.25) is 0 Å². The van der Waals surface area contributed by atoms with Crippen molar-refractivity contribution >= 4 is 5.97 Å². The van der Waals surface area contributed by atoms with Crippen LogP contribution in [0, 0.1) is 0 Å². The van der Waals surface area contributed by atoms with Crippen LogP contribution in [0.1, 0.15) is 110 Å². The van der Waals surface area contributed by atoms with E-state index in [-0.39, 0.29) is 5.97 Å². The predicted molar refractivity (Wildman–Crippen MR) is 112 cm³/mol. The van der Waals surface area contributed by atoms with E-state index < -0.39 is 0 Å². The fourth-order valence-corrected chi connectivity index (χ4v) is 2.92. The Morgan fingerprint density at radius 1 is 0.654 bits per heavy atom. The molecule has 3 nitrogen and oxygen atoms in total. The molecule has 0 saturated heterocycles. The van der Waals surface area contributed by atoms with E-state index in [2.05, 4.69) is 13.5 Å². The molecule has 0 unspecified atom stereocenters. The standard InChI is InChI=1S/C23H44O3/c1-4-5-6-7-8-9-10-11-13-16-19-25-20-17-14-12-15-18-21-26-23(24)22(2)3/h2,4-21H2,1,3H3. The van der Waals surface area contributed by atoms with E-state index in [9.17, 15) is 4.79 Å². The van der Waals surface area contributed by atoms with Crippen LogP contribution in [0.3, 0.4) is 0 Å². The van der Waals surface area contributed by atoms with Crippen LogP contribution in [0.5, 0.6) is 0 Å². The Hall–Kier alpha value is -0.830. The number of ether oxygens (including phenoxy) is 2. The molecule has 0 N–H and O–H groups in total. The smallest absolute Gasteiger partial charge is 0.333 e. The number of hydrogen-bond donors (Lipinski definition) is 0. The molecule has 0 fully saturated rings. The van der Waals surface area contributed by atoms with E-state index in [0.717, 1.165) is 32.5 Å². The van der Waals surface area contributed by atoms with Crippen molar-refractivity contribution in [2.45, 2.75) is 110 Å². The summed E-state index contributed by atoms with van der Waals surface area (Å²) in [5.41, 5.74) is 0.476. The normalized spacial score (nSPS) is 10.8. The molecule has 0 aliphatic rings. The monoisotopic (exact) mass is 368 g/mol. The second-order valence-corrected chi connectivity index (χ2v) is 7.48. The van der Waals surface area contributed by atoms with Crippen LogP contribution >= 0.6 is 0 Å². The molecule has 26 heavy (non-hydrogen) atoms. The topological polar surface area (TPSA) is 35.5 Å². The Morgan fingerprint density at radius 3 is 1.46 bits per heavy atom. The Labute approximate surface area is 162 Å². The molecule has 154 valence electrons. The van der Waals surface area contributed by atoms with Crippen LogP contribution in [0.4, 0.5) is 0 Å². The molecule has 0 bridgehead atoms. The fraction of sp³-hybridized carbons (Fsp3) is 0.870. The number of carbonyl (C=O) groups excluding carboxylic acids is 1. The molecular formula is C23H44O3. The average molecular weight is 369 g/mol. The summed E-state index contributed by atoms with van der Waals surface area (Å²) in [4.78, 5) is 11.2. The Balaban J connectivity index is 3.05. The highest BCUT2D eigenvalue weighted by molar-refractivity contribution is 5.86. The highest BCUT2D eigenvalue weighted by Gasteiger charge is 2.01. The summed E-state index contributed by atoms with van der Waals surface area (Å²) < 4.78 is 10.8. The van der Waals surface area contributed by atoms with Crippen LogP contribution in [0.2, 0.25) is 0 Å². The number of esters is 1. The van der Waals surface area contributed by atoms with Gasteiger partial charge in [0.25, 0.3) is 0 Å². The lowest BCUT2D eigenvalue weighted by atomic mass is 10.1. The van der Waals surface area contributed by atoms with E-state index in [4.69, 9.17) is 9.47 Å². The Morgan fingerprint density at radius 2 is 1.04 bits per heavy atom. The Bertz CT molecular complexity index is 325. The maximum Gasteiger partial charge on any atom is 0.333 e. The van der Waals surface area contributed by atoms with E-state index >= 15 is 0 Å². The van der Waals surface area contributed by atoms with Crippen molar-refractivity contribution in [3.63, 3.8) is 0 Å². The van der Waals surface area contributed by atoms with Crippen LogP contribution in [-0.2, 0) is 14.3 Å².